The van der Waals surface area contributed by atoms with E-state index < -0.39 is 0 Å². The molecule has 5 heteroatoms. The first kappa shape index (κ1) is 65.4. The molecule has 0 bridgehead atoms. The molecule has 0 atom stereocenters. The van der Waals surface area contributed by atoms with Crippen LogP contribution in [0, 0.1) is 0 Å². The summed E-state index contributed by atoms with van der Waals surface area (Å²) in [4.78, 5) is 5.33. The zero-order valence-electron chi connectivity index (χ0n) is 62.4. The monoisotopic (exact) mass is 1330 g/mol. The van der Waals surface area contributed by atoms with Crippen molar-refractivity contribution in [1.29, 1.82) is 0 Å². The molecule has 0 aliphatic carbocycles. The van der Waals surface area contributed by atoms with Crippen LogP contribution in [0.15, 0.2) is 279 Å². The smallest absolute Gasteiger partial charge is 0.253 e. The summed E-state index contributed by atoms with van der Waals surface area (Å²) in [5.41, 5.74) is 33.2. The van der Waals surface area contributed by atoms with Crippen molar-refractivity contribution in [3.8, 4) is 55.9 Å². The molecule has 4 nitrogen and oxygen atoms in total. The summed E-state index contributed by atoms with van der Waals surface area (Å²) in [7, 11) is 0. The van der Waals surface area contributed by atoms with Gasteiger partial charge in [-0.2, -0.15) is 0 Å². The topological polar surface area (TPSA) is 16.3 Å². The zero-order chi connectivity index (χ0) is 71.4. The second-order valence-electron chi connectivity index (χ2n) is 34.2. The molecule has 17 rings (SSSR count). The predicted molar refractivity (Wildman–Crippen MR) is 444 cm³/mol. The highest BCUT2D eigenvalue weighted by atomic mass is 15.2. The lowest BCUT2D eigenvalue weighted by Crippen LogP contribution is -2.61. The number of hydrogen-bond acceptors (Lipinski definition) is 2. The average molecular weight is 1340 g/mol. The summed E-state index contributed by atoms with van der Waals surface area (Å²) in [5.74, 6) is 0. The van der Waals surface area contributed by atoms with Crippen molar-refractivity contribution >= 4 is 101 Å². The molecular formula is C98H91BN4. The van der Waals surface area contributed by atoms with Gasteiger partial charge in [-0.15, -0.1) is 0 Å². The Morgan fingerprint density at radius 2 is 0.650 bits per heavy atom. The molecule has 0 saturated heterocycles. The average Bonchev–Trinajstić information content (AvgIpc) is 1.67. The van der Waals surface area contributed by atoms with Gasteiger partial charge in [0.05, 0.1) is 39.1 Å². The molecule has 2 aromatic heterocycles. The van der Waals surface area contributed by atoms with Gasteiger partial charge in [0.2, 0.25) is 0 Å². The Bertz CT molecular complexity index is 5720. The summed E-state index contributed by atoms with van der Waals surface area (Å²) in [6, 6.07) is 107. The first-order valence-corrected chi connectivity index (χ1v) is 37.0. The van der Waals surface area contributed by atoms with Crippen molar-refractivity contribution in [2.75, 3.05) is 9.80 Å². The normalized spacial score (nSPS) is 13.3. The Morgan fingerprint density at radius 1 is 0.243 bits per heavy atom. The highest BCUT2D eigenvalue weighted by Crippen LogP contribution is 2.53. The first-order valence-electron chi connectivity index (χ1n) is 37.0. The Balaban J connectivity index is 1.03. The molecule has 2 aliphatic rings. The van der Waals surface area contributed by atoms with E-state index in [9.17, 15) is 0 Å². The van der Waals surface area contributed by atoms with Crippen molar-refractivity contribution in [2.24, 2.45) is 0 Å². The number of hydrogen-bond donors (Lipinski definition) is 0. The van der Waals surface area contributed by atoms with Crippen LogP contribution in [0.3, 0.4) is 0 Å². The fourth-order valence-electron chi connectivity index (χ4n) is 16.7. The minimum Gasteiger partial charge on any atom is -0.311 e. The highest BCUT2D eigenvalue weighted by molar-refractivity contribution is 7.02. The summed E-state index contributed by atoms with van der Waals surface area (Å²) in [6.45, 7) is 34.7. The van der Waals surface area contributed by atoms with Crippen LogP contribution >= 0.6 is 0 Å². The second kappa shape index (κ2) is 23.9. The minimum absolute atomic E-state index is 0.00812. The van der Waals surface area contributed by atoms with Crippen LogP contribution in [0.5, 0.6) is 0 Å². The van der Waals surface area contributed by atoms with Gasteiger partial charge in [0.25, 0.3) is 6.71 Å². The van der Waals surface area contributed by atoms with Gasteiger partial charge in [0.15, 0.2) is 0 Å². The third kappa shape index (κ3) is 10.9. The molecule has 0 fully saturated rings. The van der Waals surface area contributed by atoms with E-state index in [1.165, 1.54) is 127 Å². The summed E-state index contributed by atoms with van der Waals surface area (Å²) in [6.07, 6.45) is 0. The third-order valence-electron chi connectivity index (χ3n) is 22.3. The lowest BCUT2D eigenvalue weighted by Gasteiger charge is -2.46. The van der Waals surface area contributed by atoms with Crippen molar-refractivity contribution in [3.63, 3.8) is 0 Å². The van der Waals surface area contributed by atoms with Gasteiger partial charge in [-0.3, -0.25) is 0 Å². The maximum absolute atomic E-state index is 2.67. The van der Waals surface area contributed by atoms with Gasteiger partial charge in [0, 0.05) is 72.2 Å². The van der Waals surface area contributed by atoms with Crippen LogP contribution in [-0.4, -0.2) is 15.8 Å². The van der Waals surface area contributed by atoms with Gasteiger partial charge >= 0.3 is 0 Å². The Labute approximate surface area is 609 Å². The van der Waals surface area contributed by atoms with Crippen LogP contribution < -0.4 is 26.2 Å². The van der Waals surface area contributed by atoms with Crippen LogP contribution in [0.1, 0.15) is 132 Å². The van der Waals surface area contributed by atoms with E-state index in [0.29, 0.717) is 0 Å². The lowest BCUT2D eigenvalue weighted by molar-refractivity contribution is 0.590. The van der Waals surface area contributed by atoms with Gasteiger partial charge < -0.3 is 18.9 Å². The Kier molecular flexibility index (Phi) is 15.2. The standard InChI is InChI=1S/C98H91BN4/c1-94(2,3)66-45-41-64(42-46-66)74-36-28-37-75(65-43-47-67(48-44-65)95(4,5)6)93(74)103-82-40-27-24-35-76(82)90-85(103)55-56-86-92(90)99-79-52-51-71(100-83-53-49-68(96(7,8)9)57-77(83)78-58-69(97(10,11)12)50-54-84(78)100)61-87(79)102(81-39-26-23-34-73(81)63-31-20-17-21-32-63)89-60-70(98(13,14)15)59-88(91(89)99)101(86)80-38-25-22-33-72(80)62-29-18-16-19-30-62/h16-61H,1-15H3. The zero-order valence-corrected chi connectivity index (χ0v) is 62.4. The van der Waals surface area contributed by atoms with Gasteiger partial charge in [-0.1, -0.05) is 304 Å². The van der Waals surface area contributed by atoms with Gasteiger partial charge in [-0.25, -0.2) is 0 Å². The second-order valence-corrected chi connectivity index (χ2v) is 34.2. The largest absolute Gasteiger partial charge is 0.311 e. The number of aromatic nitrogens is 2. The van der Waals surface area contributed by atoms with E-state index in [-0.39, 0.29) is 33.8 Å². The Morgan fingerprint density at radius 3 is 1.15 bits per heavy atom. The number of rotatable bonds is 8. The SMILES string of the molecule is CC(C)(C)c1ccc(-c2cccc(-c3ccc(C(C)(C)C)cc3)c2-n2c3ccccc3c3c4c(ccc32)N(c2ccccc2-c2ccccc2)c2cc(C(C)(C)C)cc3c2B4c2ccc(-n4c5ccc(C(C)(C)C)cc5c5cc(C(C)(C)C)ccc54)cc2N3c2ccccc2-c2ccccc2)cc1. The fraction of sp³-hybridized carbons (Fsp3) is 0.204. The maximum Gasteiger partial charge on any atom is 0.253 e. The number of para-hydroxylation sites is 4. The number of anilines is 6. The van der Waals surface area contributed by atoms with E-state index in [1.807, 2.05) is 0 Å². The maximum atomic E-state index is 2.67. The summed E-state index contributed by atoms with van der Waals surface area (Å²) < 4.78 is 5.20. The lowest BCUT2D eigenvalue weighted by atomic mass is 9.33. The van der Waals surface area contributed by atoms with Crippen LogP contribution in [0.25, 0.3) is 99.5 Å². The molecule has 0 radical (unpaired) electrons. The summed E-state index contributed by atoms with van der Waals surface area (Å²) >= 11 is 0. The number of nitrogens with zero attached hydrogens (tertiary/aromatic N) is 4. The molecule has 103 heavy (non-hydrogen) atoms. The van der Waals surface area contributed by atoms with Crippen LogP contribution in [-0.2, 0) is 27.1 Å². The number of fused-ring (bicyclic) bond motifs is 11. The molecule has 2 aliphatic heterocycles. The Hall–Kier alpha value is -10.9. The fourth-order valence-corrected chi connectivity index (χ4v) is 16.7. The molecule has 13 aromatic carbocycles. The molecule has 15 aromatic rings. The van der Waals surface area contributed by atoms with Crippen molar-refractivity contribution < 1.29 is 0 Å². The molecule has 0 unspecified atom stereocenters. The molecule has 506 valence electrons. The van der Waals surface area contributed by atoms with E-state index in [0.717, 1.165) is 50.7 Å². The van der Waals surface area contributed by atoms with Crippen molar-refractivity contribution in [2.45, 2.75) is 131 Å². The molecule has 4 heterocycles. The molecule has 0 spiro atoms. The van der Waals surface area contributed by atoms with E-state index >= 15 is 0 Å². The third-order valence-corrected chi connectivity index (χ3v) is 22.3. The van der Waals surface area contributed by atoms with E-state index in [2.05, 4.69) is 402 Å². The summed E-state index contributed by atoms with van der Waals surface area (Å²) in [5, 5.41) is 4.99. The number of benzene rings is 13. The quantitative estimate of drug-likeness (QED) is 0.141. The molecule has 0 amide bonds. The molecule has 0 N–H and O–H groups in total. The van der Waals surface area contributed by atoms with Crippen LogP contribution in [0.4, 0.5) is 34.1 Å². The highest BCUT2D eigenvalue weighted by Gasteiger charge is 2.47. The van der Waals surface area contributed by atoms with Gasteiger partial charge in [0.1, 0.15) is 0 Å². The van der Waals surface area contributed by atoms with Crippen molar-refractivity contribution in [1.82, 2.24) is 9.13 Å². The molecule has 0 saturated carbocycles. The first-order chi connectivity index (χ1) is 49.3. The van der Waals surface area contributed by atoms with Gasteiger partial charge in [-0.05, 0) is 172 Å². The molecular weight excluding hydrogens is 1240 g/mol. The van der Waals surface area contributed by atoms with E-state index in [4.69, 9.17) is 0 Å². The van der Waals surface area contributed by atoms with Crippen molar-refractivity contribution in [3.05, 3.63) is 307 Å². The van der Waals surface area contributed by atoms with E-state index in [1.54, 1.807) is 0 Å². The minimum atomic E-state index is -0.262. The predicted octanol–water partition coefficient (Wildman–Crippen LogP) is 25.1. The van der Waals surface area contributed by atoms with Crippen LogP contribution in [0.2, 0.25) is 0 Å².